The zero-order chi connectivity index (χ0) is 17.1. The molecule has 0 aliphatic rings. The highest BCUT2D eigenvalue weighted by molar-refractivity contribution is 9.10. The monoisotopic (exact) mass is 383 g/mol. The number of hydrogen-bond acceptors (Lipinski definition) is 2. The van der Waals surface area contributed by atoms with Crippen LogP contribution in [0, 0.1) is 6.92 Å². The summed E-state index contributed by atoms with van der Waals surface area (Å²) in [6.45, 7) is 3.73. The van der Waals surface area contributed by atoms with Crippen molar-refractivity contribution < 1.29 is 9.53 Å². The van der Waals surface area contributed by atoms with Crippen molar-refractivity contribution >= 4 is 38.3 Å². The molecule has 24 heavy (non-hydrogen) atoms. The van der Waals surface area contributed by atoms with Crippen LogP contribution in [0.15, 0.2) is 65.1 Å². The van der Waals surface area contributed by atoms with E-state index in [1.807, 2.05) is 67.6 Å². The molecule has 0 heterocycles. The molecule has 3 rings (SSSR count). The fourth-order valence-corrected chi connectivity index (χ4v) is 2.76. The molecule has 4 heteroatoms. The molecule has 0 aliphatic carbocycles. The van der Waals surface area contributed by atoms with E-state index in [2.05, 4.69) is 21.2 Å². The Morgan fingerprint density at radius 3 is 2.62 bits per heavy atom. The van der Waals surface area contributed by atoms with Crippen LogP contribution in [-0.2, 0) is 4.79 Å². The molecule has 1 atom stereocenters. The second kappa shape index (κ2) is 7.05. The van der Waals surface area contributed by atoms with Crippen LogP contribution in [0.2, 0.25) is 0 Å². The minimum Gasteiger partial charge on any atom is -0.480 e. The number of halogens is 1. The van der Waals surface area contributed by atoms with E-state index in [4.69, 9.17) is 4.74 Å². The maximum absolute atomic E-state index is 12.4. The first-order chi connectivity index (χ1) is 11.5. The van der Waals surface area contributed by atoms with Gasteiger partial charge in [0.15, 0.2) is 6.10 Å². The van der Waals surface area contributed by atoms with Crippen molar-refractivity contribution in [3.8, 4) is 5.75 Å². The topological polar surface area (TPSA) is 38.3 Å². The Hall–Kier alpha value is -2.33. The van der Waals surface area contributed by atoms with Crippen molar-refractivity contribution in [1.82, 2.24) is 0 Å². The summed E-state index contributed by atoms with van der Waals surface area (Å²) in [5.41, 5.74) is 1.82. The van der Waals surface area contributed by atoms with Gasteiger partial charge in [0.25, 0.3) is 5.91 Å². The number of carbonyl (C=O) groups is 1. The highest BCUT2D eigenvalue weighted by atomic mass is 79.9. The molecule has 0 aliphatic heterocycles. The normalized spacial score (nSPS) is 12.0. The fourth-order valence-electron chi connectivity index (χ4n) is 2.51. The van der Waals surface area contributed by atoms with Crippen LogP contribution < -0.4 is 10.1 Å². The van der Waals surface area contributed by atoms with E-state index >= 15 is 0 Å². The Kier molecular flexibility index (Phi) is 4.86. The van der Waals surface area contributed by atoms with Crippen molar-refractivity contribution in [2.75, 3.05) is 5.32 Å². The number of fused-ring (bicyclic) bond motifs is 1. The third-order valence-corrected chi connectivity index (χ3v) is 4.74. The number of aryl methyl sites for hydroxylation is 1. The van der Waals surface area contributed by atoms with Gasteiger partial charge in [-0.2, -0.15) is 0 Å². The van der Waals surface area contributed by atoms with Crippen LogP contribution in [0.3, 0.4) is 0 Å². The first-order valence-electron chi connectivity index (χ1n) is 7.76. The zero-order valence-electron chi connectivity index (χ0n) is 13.5. The van der Waals surface area contributed by atoms with Gasteiger partial charge in [0.2, 0.25) is 0 Å². The first-order valence-corrected chi connectivity index (χ1v) is 8.55. The van der Waals surface area contributed by atoms with Gasteiger partial charge < -0.3 is 10.1 Å². The smallest absolute Gasteiger partial charge is 0.265 e. The molecule has 0 aromatic heterocycles. The molecule has 1 N–H and O–H groups in total. The van der Waals surface area contributed by atoms with Crippen LogP contribution in [0.4, 0.5) is 5.69 Å². The molecule has 3 nitrogen and oxygen atoms in total. The summed E-state index contributed by atoms with van der Waals surface area (Å²) in [6, 6.07) is 19.5. The summed E-state index contributed by atoms with van der Waals surface area (Å²) in [6.07, 6.45) is -0.597. The van der Waals surface area contributed by atoms with Crippen LogP contribution >= 0.6 is 15.9 Å². The average Bonchev–Trinajstić information content (AvgIpc) is 2.58. The van der Waals surface area contributed by atoms with E-state index in [0.717, 1.165) is 26.5 Å². The molecule has 0 fully saturated rings. The van der Waals surface area contributed by atoms with Gasteiger partial charge in [-0.1, -0.05) is 52.3 Å². The van der Waals surface area contributed by atoms with Gasteiger partial charge in [-0.05, 0) is 49.1 Å². The molecule has 1 amide bonds. The molecule has 122 valence electrons. The van der Waals surface area contributed by atoms with Gasteiger partial charge >= 0.3 is 0 Å². The Morgan fingerprint density at radius 1 is 1.08 bits per heavy atom. The summed E-state index contributed by atoms with van der Waals surface area (Å²) in [5.74, 6) is 0.535. The van der Waals surface area contributed by atoms with E-state index < -0.39 is 6.10 Å². The lowest BCUT2D eigenvalue weighted by molar-refractivity contribution is -0.122. The molecule has 0 unspecified atom stereocenters. The maximum Gasteiger partial charge on any atom is 0.265 e. The van der Waals surface area contributed by atoms with Gasteiger partial charge in [-0.3, -0.25) is 4.79 Å². The Morgan fingerprint density at radius 2 is 1.83 bits per heavy atom. The van der Waals surface area contributed by atoms with Crippen molar-refractivity contribution in [3.05, 3.63) is 70.7 Å². The second-order valence-electron chi connectivity index (χ2n) is 5.69. The summed E-state index contributed by atoms with van der Waals surface area (Å²) < 4.78 is 6.91. The number of hydrogen-bond donors (Lipinski definition) is 1. The third kappa shape index (κ3) is 3.60. The van der Waals surface area contributed by atoms with Crippen LogP contribution in [0.5, 0.6) is 5.75 Å². The minimum atomic E-state index is -0.597. The number of amides is 1. The zero-order valence-corrected chi connectivity index (χ0v) is 15.1. The molecule has 0 radical (unpaired) electrons. The standard InChI is InChI=1S/C20H18BrNO2/c1-13-12-16(10-11-18(13)21)22-20(23)14(2)24-19-9-5-7-15-6-3-4-8-17(15)19/h3-12,14H,1-2H3,(H,22,23)/t14-/m0/s1. The highest BCUT2D eigenvalue weighted by Gasteiger charge is 2.16. The van der Waals surface area contributed by atoms with E-state index in [-0.39, 0.29) is 5.91 Å². The predicted octanol–water partition coefficient (Wildman–Crippen LogP) is 5.32. The lowest BCUT2D eigenvalue weighted by atomic mass is 10.1. The summed E-state index contributed by atoms with van der Waals surface area (Å²) in [7, 11) is 0. The number of anilines is 1. The van der Waals surface area contributed by atoms with Gasteiger partial charge in [0.1, 0.15) is 5.75 Å². The highest BCUT2D eigenvalue weighted by Crippen LogP contribution is 2.26. The predicted molar refractivity (Wildman–Crippen MR) is 102 cm³/mol. The maximum atomic E-state index is 12.4. The molecule has 0 saturated heterocycles. The molecular weight excluding hydrogens is 366 g/mol. The lowest BCUT2D eigenvalue weighted by Crippen LogP contribution is -2.30. The van der Waals surface area contributed by atoms with E-state index in [1.165, 1.54) is 0 Å². The summed E-state index contributed by atoms with van der Waals surface area (Å²) in [4.78, 5) is 12.4. The molecule has 0 saturated carbocycles. The van der Waals surface area contributed by atoms with Gasteiger partial charge in [-0.15, -0.1) is 0 Å². The van der Waals surface area contributed by atoms with E-state index in [1.54, 1.807) is 6.92 Å². The number of ether oxygens (including phenoxy) is 1. The summed E-state index contributed by atoms with van der Waals surface area (Å²) >= 11 is 3.45. The molecule has 3 aromatic carbocycles. The number of carbonyl (C=O) groups excluding carboxylic acids is 1. The van der Waals surface area contributed by atoms with Crippen LogP contribution in [0.25, 0.3) is 10.8 Å². The minimum absolute atomic E-state index is 0.176. The van der Waals surface area contributed by atoms with Crippen molar-refractivity contribution in [3.63, 3.8) is 0 Å². The molecular formula is C20H18BrNO2. The molecule has 0 spiro atoms. The second-order valence-corrected chi connectivity index (χ2v) is 6.54. The fraction of sp³-hybridized carbons (Fsp3) is 0.150. The SMILES string of the molecule is Cc1cc(NC(=O)[C@H](C)Oc2cccc3ccccc23)ccc1Br. The first kappa shape index (κ1) is 16.5. The van der Waals surface area contributed by atoms with Gasteiger partial charge in [-0.25, -0.2) is 0 Å². The van der Waals surface area contributed by atoms with Crippen LogP contribution in [-0.4, -0.2) is 12.0 Å². The number of rotatable bonds is 4. The van der Waals surface area contributed by atoms with Gasteiger partial charge in [0, 0.05) is 15.5 Å². The number of benzene rings is 3. The lowest BCUT2D eigenvalue weighted by Gasteiger charge is -2.16. The Balaban J connectivity index is 1.75. The molecule has 0 bridgehead atoms. The van der Waals surface area contributed by atoms with Gasteiger partial charge in [0.05, 0.1) is 0 Å². The van der Waals surface area contributed by atoms with Crippen molar-refractivity contribution in [2.45, 2.75) is 20.0 Å². The third-order valence-electron chi connectivity index (χ3n) is 3.85. The quantitative estimate of drug-likeness (QED) is 0.662. The van der Waals surface area contributed by atoms with Crippen molar-refractivity contribution in [2.24, 2.45) is 0 Å². The van der Waals surface area contributed by atoms with Crippen molar-refractivity contribution in [1.29, 1.82) is 0 Å². The average molecular weight is 384 g/mol. The Bertz CT molecular complexity index is 886. The number of nitrogens with one attached hydrogen (secondary N) is 1. The van der Waals surface area contributed by atoms with E-state index in [9.17, 15) is 4.79 Å². The summed E-state index contributed by atoms with van der Waals surface area (Å²) in [5, 5.41) is 4.98. The largest absolute Gasteiger partial charge is 0.480 e. The van der Waals surface area contributed by atoms with Crippen LogP contribution in [0.1, 0.15) is 12.5 Å². The molecule has 3 aromatic rings. The van der Waals surface area contributed by atoms with E-state index in [0.29, 0.717) is 5.75 Å². The Labute approximate surface area is 149 Å².